The van der Waals surface area contributed by atoms with Crippen molar-refractivity contribution in [2.75, 3.05) is 26.2 Å². The number of likely N-dealkylation sites (tertiary alicyclic amines) is 1. The lowest BCUT2D eigenvalue weighted by Crippen LogP contribution is -2.38. The van der Waals surface area contributed by atoms with E-state index in [4.69, 9.17) is 0 Å². The van der Waals surface area contributed by atoms with E-state index in [1.54, 1.807) is 0 Å². The van der Waals surface area contributed by atoms with Crippen molar-refractivity contribution in [3.63, 3.8) is 0 Å². The number of hydrogen-bond donors (Lipinski definition) is 1. The second-order valence-corrected chi connectivity index (χ2v) is 6.38. The third kappa shape index (κ3) is 4.07. The minimum Gasteiger partial charge on any atom is -0.317 e. The third-order valence-electron chi connectivity index (χ3n) is 4.61. The quantitative estimate of drug-likeness (QED) is 0.881. The van der Waals surface area contributed by atoms with Crippen LogP contribution in [-0.4, -0.2) is 31.1 Å². The molecule has 2 heteroatoms. The fourth-order valence-corrected chi connectivity index (χ4v) is 3.35. The molecule has 1 aliphatic heterocycles. The van der Waals surface area contributed by atoms with E-state index >= 15 is 0 Å². The standard InChI is InChI=1S/C18H30N2/c1-5-19-13-17-6-8-20(9-7-17)16(4)18-11-14(2)10-15(3)12-18/h10-12,16-17,19H,5-9,13H2,1-4H3. The van der Waals surface area contributed by atoms with E-state index in [1.807, 2.05) is 0 Å². The van der Waals surface area contributed by atoms with Crippen LogP contribution < -0.4 is 5.32 Å². The number of hydrogen-bond acceptors (Lipinski definition) is 2. The summed E-state index contributed by atoms with van der Waals surface area (Å²) in [6.07, 6.45) is 2.67. The van der Waals surface area contributed by atoms with E-state index in [2.05, 4.69) is 56.1 Å². The van der Waals surface area contributed by atoms with Crippen molar-refractivity contribution in [3.8, 4) is 0 Å². The summed E-state index contributed by atoms with van der Waals surface area (Å²) in [5, 5.41) is 3.49. The summed E-state index contributed by atoms with van der Waals surface area (Å²) in [6.45, 7) is 13.7. The maximum absolute atomic E-state index is 3.49. The lowest BCUT2D eigenvalue weighted by Gasteiger charge is -2.36. The molecule has 20 heavy (non-hydrogen) atoms. The van der Waals surface area contributed by atoms with Crippen LogP contribution in [0.1, 0.15) is 49.4 Å². The van der Waals surface area contributed by atoms with E-state index in [-0.39, 0.29) is 0 Å². The summed E-state index contributed by atoms with van der Waals surface area (Å²) in [5.74, 6) is 0.873. The van der Waals surface area contributed by atoms with E-state index in [1.165, 1.54) is 49.2 Å². The highest BCUT2D eigenvalue weighted by Crippen LogP contribution is 2.27. The molecule has 112 valence electrons. The highest BCUT2D eigenvalue weighted by Gasteiger charge is 2.23. The van der Waals surface area contributed by atoms with Gasteiger partial charge in [-0.1, -0.05) is 36.2 Å². The largest absolute Gasteiger partial charge is 0.317 e. The van der Waals surface area contributed by atoms with Gasteiger partial charge in [0.25, 0.3) is 0 Å². The zero-order valence-electron chi connectivity index (χ0n) is 13.6. The minimum atomic E-state index is 0.550. The van der Waals surface area contributed by atoms with E-state index < -0.39 is 0 Å². The Kier molecular flexibility index (Phi) is 5.62. The molecular weight excluding hydrogens is 244 g/mol. The zero-order valence-corrected chi connectivity index (χ0v) is 13.6. The molecule has 1 unspecified atom stereocenters. The van der Waals surface area contributed by atoms with Gasteiger partial charge in [0, 0.05) is 6.04 Å². The maximum Gasteiger partial charge on any atom is 0.0320 e. The molecule has 0 bridgehead atoms. The van der Waals surface area contributed by atoms with Crippen LogP contribution in [0.4, 0.5) is 0 Å². The van der Waals surface area contributed by atoms with Crippen LogP contribution >= 0.6 is 0 Å². The Morgan fingerprint density at radius 3 is 2.30 bits per heavy atom. The SMILES string of the molecule is CCNCC1CCN(C(C)c2cc(C)cc(C)c2)CC1. The van der Waals surface area contributed by atoms with E-state index in [0.29, 0.717) is 6.04 Å². The number of nitrogens with one attached hydrogen (secondary N) is 1. The summed E-state index contributed by atoms with van der Waals surface area (Å²) in [6, 6.07) is 7.51. The predicted molar refractivity (Wildman–Crippen MR) is 87.2 cm³/mol. The Bertz CT molecular complexity index is 399. The second-order valence-electron chi connectivity index (χ2n) is 6.38. The third-order valence-corrected chi connectivity index (χ3v) is 4.61. The highest BCUT2D eigenvalue weighted by atomic mass is 15.2. The molecule has 1 atom stereocenters. The van der Waals surface area contributed by atoms with Gasteiger partial charge in [-0.2, -0.15) is 0 Å². The van der Waals surface area contributed by atoms with Gasteiger partial charge in [0.05, 0.1) is 0 Å². The Morgan fingerprint density at radius 2 is 1.75 bits per heavy atom. The van der Waals surface area contributed by atoms with Gasteiger partial charge in [-0.05, 0) is 71.3 Å². The Morgan fingerprint density at radius 1 is 1.15 bits per heavy atom. The van der Waals surface area contributed by atoms with Gasteiger partial charge in [-0.25, -0.2) is 0 Å². The smallest absolute Gasteiger partial charge is 0.0320 e. The molecule has 0 aliphatic carbocycles. The van der Waals surface area contributed by atoms with Crippen molar-refractivity contribution in [1.29, 1.82) is 0 Å². The Balaban J connectivity index is 1.92. The average molecular weight is 274 g/mol. The molecule has 2 rings (SSSR count). The molecule has 2 nitrogen and oxygen atoms in total. The van der Waals surface area contributed by atoms with Crippen molar-refractivity contribution >= 4 is 0 Å². The van der Waals surface area contributed by atoms with Gasteiger partial charge >= 0.3 is 0 Å². The number of aryl methyl sites for hydroxylation is 2. The average Bonchev–Trinajstić information content (AvgIpc) is 2.44. The number of rotatable bonds is 5. The van der Waals surface area contributed by atoms with Crippen molar-refractivity contribution in [1.82, 2.24) is 10.2 Å². The summed E-state index contributed by atoms with van der Waals surface area (Å²) < 4.78 is 0. The molecule has 1 aromatic rings. The summed E-state index contributed by atoms with van der Waals surface area (Å²) in [7, 11) is 0. The maximum atomic E-state index is 3.49. The molecule has 1 saturated heterocycles. The van der Waals surface area contributed by atoms with Crippen LogP contribution in [0.25, 0.3) is 0 Å². The van der Waals surface area contributed by atoms with Crippen LogP contribution in [0.2, 0.25) is 0 Å². The fraction of sp³-hybridized carbons (Fsp3) is 0.667. The molecule has 1 aromatic carbocycles. The van der Waals surface area contributed by atoms with Crippen molar-refractivity contribution in [3.05, 3.63) is 34.9 Å². The van der Waals surface area contributed by atoms with Crippen LogP contribution in [0.3, 0.4) is 0 Å². The van der Waals surface area contributed by atoms with Crippen molar-refractivity contribution < 1.29 is 0 Å². The number of nitrogens with zero attached hydrogens (tertiary/aromatic N) is 1. The van der Waals surface area contributed by atoms with Gasteiger partial charge in [0.1, 0.15) is 0 Å². The normalized spacial score (nSPS) is 19.2. The van der Waals surface area contributed by atoms with E-state index in [9.17, 15) is 0 Å². The number of piperidine rings is 1. The first-order valence-electron chi connectivity index (χ1n) is 8.13. The summed E-state index contributed by atoms with van der Waals surface area (Å²) in [5.41, 5.74) is 4.25. The molecule has 1 N–H and O–H groups in total. The lowest BCUT2D eigenvalue weighted by atomic mass is 9.94. The first kappa shape index (κ1) is 15.5. The molecule has 1 heterocycles. The fourth-order valence-electron chi connectivity index (χ4n) is 3.35. The van der Waals surface area contributed by atoms with Gasteiger partial charge in [-0.3, -0.25) is 4.90 Å². The van der Waals surface area contributed by atoms with Gasteiger partial charge in [0.2, 0.25) is 0 Å². The first-order valence-corrected chi connectivity index (χ1v) is 8.13. The molecule has 0 spiro atoms. The van der Waals surface area contributed by atoms with Gasteiger partial charge in [0.15, 0.2) is 0 Å². The molecule has 0 radical (unpaired) electrons. The van der Waals surface area contributed by atoms with E-state index in [0.717, 1.165) is 12.5 Å². The first-order chi connectivity index (χ1) is 9.60. The van der Waals surface area contributed by atoms with Crippen LogP contribution in [0, 0.1) is 19.8 Å². The van der Waals surface area contributed by atoms with Gasteiger partial charge in [-0.15, -0.1) is 0 Å². The molecule has 0 aromatic heterocycles. The predicted octanol–water partition coefficient (Wildman–Crippen LogP) is 3.69. The Labute approximate surface area is 124 Å². The van der Waals surface area contributed by atoms with Gasteiger partial charge < -0.3 is 5.32 Å². The monoisotopic (exact) mass is 274 g/mol. The Hall–Kier alpha value is -0.860. The molecular formula is C18H30N2. The van der Waals surface area contributed by atoms with Crippen molar-refractivity contribution in [2.24, 2.45) is 5.92 Å². The van der Waals surface area contributed by atoms with Crippen molar-refractivity contribution in [2.45, 2.75) is 46.6 Å². The molecule has 0 saturated carbocycles. The minimum absolute atomic E-state index is 0.550. The number of benzene rings is 1. The highest BCUT2D eigenvalue weighted by molar-refractivity contribution is 5.30. The molecule has 0 amide bonds. The second kappa shape index (κ2) is 7.24. The topological polar surface area (TPSA) is 15.3 Å². The summed E-state index contributed by atoms with van der Waals surface area (Å²) >= 11 is 0. The summed E-state index contributed by atoms with van der Waals surface area (Å²) in [4.78, 5) is 2.65. The zero-order chi connectivity index (χ0) is 14.5. The molecule has 1 aliphatic rings. The molecule has 1 fully saturated rings. The van der Waals surface area contributed by atoms with Crippen LogP contribution in [0.5, 0.6) is 0 Å². The lowest BCUT2D eigenvalue weighted by molar-refractivity contribution is 0.140. The van der Waals surface area contributed by atoms with Crippen LogP contribution in [-0.2, 0) is 0 Å². The van der Waals surface area contributed by atoms with Crippen LogP contribution in [0.15, 0.2) is 18.2 Å².